The van der Waals surface area contributed by atoms with E-state index in [1.807, 2.05) is 4.90 Å². The van der Waals surface area contributed by atoms with E-state index in [0.717, 1.165) is 15.5 Å². The monoisotopic (exact) mass is 250 g/mol. The van der Waals surface area contributed by atoms with Crippen molar-refractivity contribution in [2.45, 2.75) is 12.6 Å². The summed E-state index contributed by atoms with van der Waals surface area (Å²) >= 11 is 4.88. The maximum Gasteiger partial charge on any atom is 0.186 e. The first-order chi connectivity index (χ1) is 5.75. The Morgan fingerprint density at radius 2 is 2.58 bits per heavy atom. The van der Waals surface area contributed by atoms with Gasteiger partial charge in [0.05, 0.1) is 16.5 Å². The minimum absolute atomic E-state index is 0.500. The van der Waals surface area contributed by atoms with Gasteiger partial charge in [0.25, 0.3) is 0 Å². The quantitative estimate of drug-likeness (QED) is 0.762. The molecule has 0 saturated carbocycles. The molecule has 1 fully saturated rings. The molecular weight excluding hydrogens is 243 g/mol. The summed E-state index contributed by atoms with van der Waals surface area (Å²) < 4.78 is 13.8. The highest BCUT2D eigenvalue weighted by Gasteiger charge is 2.23. The van der Waals surface area contributed by atoms with Crippen LogP contribution < -0.4 is 4.90 Å². The van der Waals surface area contributed by atoms with Crippen LogP contribution in [-0.4, -0.2) is 24.2 Å². The second-order valence-corrected chi connectivity index (χ2v) is 5.17. The minimum atomic E-state index is -0.673. The van der Waals surface area contributed by atoms with Gasteiger partial charge in [-0.1, -0.05) is 11.3 Å². The zero-order valence-corrected chi connectivity index (χ0v) is 8.74. The molecule has 2 rings (SSSR count). The summed E-state index contributed by atoms with van der Waals surface area (Å²) in [5.74, 6) is 0. The van der Waals surface area contributed by atoms with Gasteiger partial charge in [0.1, 0.15) is 6.17 Å². The predicted molar refractivity (Wildman–Crippen MR) is 51.5 cm³/mol. The van der Waals surface area contributed by atoms with Gasteiger partial charge in [-0.25, -0.2) is 9.37 Å². The standard InChI is InChI=1S/C7H8BrFN2S/c8-6-3-10-7(12-6)11-2-1-5(9)4-11/h3,5H,1-2,4H2. The number of nitrogens with zero attached hydrogens (tertiary/aromatic N) is 2. The van der Waals surface area contributed by atoms with Gasteiger partial charge in [0.2, 0.25) is 0 Å². The van der Waals surface area contributed by atoms with Gasteiger partial charge in [0.15, 0.2) is 5.13 Å². The van der Waals surface area contributed by atoms with E-state index in [4.69, 9.17) is 0 Å². The van der Waals surface area contributed by atoms with Gasteiger partial charge in [-0.05, 0) is 22.4 Å². The molecule has 2 nitrogen and oxygen atoms in total. The number of rotatable bonds is 1. The highest BCUT2D eigenvalue weighted by atomic mass is 79.9. The summed E-state index contributed by atoms with van der Waals surface area (Å²) in [5, 5.41) is 0.919. The molecule has 12 heavy (non-hydrogen) atoms. The van der Waals surface area contributed by atoms with E-state index in [-0.39, 0.29) is 0 Å². The number of halogens is 2. The molecule has 0 aromatic carbocycles. The smallest absolute Gasteiger partial charge is 0.186 e. The fourth-order valence-electron chi connectivity index (χ4n) is 1.28. The molecule has 1 aromatic heterocycles. The Balaban J connectivity index is 2.11. The lowest BCUT2D eigenvalue weighted by molar-refractivity contribution is 0.364. The van der Waals surface area contributed by atoms with Crippen LogP contribution in [0, 0.1) is 0 Å². The third kappa shape index (κ3) is 1.61. The molecule has 0 radical (unpaired) electrons. The van der Waals surface area contributed by atoms with Crippen molar-refractivity contribution < 1.29 is 4.39 Å². The van der Waals surface area contributed by atoms with Crippen LogP contribution in [-0.2, 0) is 0 Å². The zero-order chi connectivity index (χ0) is 8.55. The molecule has 5 heteroatoms. The fraction of sp³-hybridized carbons (Fsp3) is 0.571. The van der Waals surface area contributed by atoms with E-state index in [9.17, 15) is 4.39 Å². The maximum atomic E-state index is 12.8. The highest BCUT2D eigenvalue weighted by molar-refractivity contribution is 9.11. The zero-order valence-electron chi connectivity index (χ0n) is 6.33. The van der Waals surface area contributed by atoms with Crippen molar-refractivity contribution in [3.63, 3.8) is 0 Å². The van der Waals surface area contributed by atoms with E-state index in [1.165, 1.54) is 0 Å². The lowest BCUT2D eigenvalue weighted by atomic mass is 10.3. The van der Waals surface area contributed by atoms with Crippen molar-refractivity contribution in [2.75, 3.05) is 18.0 Å². The maximum absolute atomic E-state index is 12.8. The summed E-state index contributed by atoms with van der Waals surface area (Å²) in [6.45, 7) is 1.29. The number of hydrogen-bond acceptors (Lipinski definition) is 3. The summed E-state index contributed by atoms with van der Waals surface area (Å²) in [7, 11) is 0. The molecular formula is C7H8BrFN2S. The second-order valence-electron chi connectivity index (χ2n) is 2.78. The molecule has 1 aliphatic heterocycles. The van der Waals surface area contributed by atoms with Gasteiger partial charge in [0, 0.05) is 6.54 Å². The summed E-state index contributed by atoms with van der Waals surface area (Å²) in [4.78, 5) is 6.15. The summed E-state index contributed by atoms with van der Waals surface area (Å²) in [5.41, 5.74) is 0. The first-order valence-corrected chi connectivity index (χ1v) is 5.37. The Bertz CT molecular complexity index is 278. The van der Waals surface area contributed by atoms with Crippen LogP contribution in [0.15, 0.2) is 9.98 Å². The molecule has 0 N–H and O–H groups in total. The van der Waals surface area contributed by atoms with Crippen LogP contribution in [0.1, 0.15) is 6.42 Å². The summed E-state index contributed by atoms with van der Waals surface area (Å²) in [6, 6.07) is 0. The van der Waals surface area contributed by atoms with Crippen molar-refractivity contribution in [3.8, 4) is 0 Å². The van der Waals surface area contributed by atoms with E-state index < -0.39 is 6.17 Å². The van der Waals surface area contributed by atoms with Crippen molar-refractivity contribution in [1.29, 1.82) is 0 Å². The van der Waals surface area contributed by atoms with E-state index in [0.29, 0.717) is 13.0 Å². The SMILES string of the molecule is FC1CCN(c2ncc(Br)s2)C1. The molecule has 0 bridgehead atoms. The molecule has 1 atom stereocenters. The van der Waals surface area contributed by atoms with Crippen molar-refractivity contribution in [2.24, 2.45) is 0 Å². The first-order valence-electron chi connectivity index (χ1n) is 3.76. The molecule has 0 spiro atoms. The summed E-state index contributed by atoms with van der Waals surface area (Å²) in [6.07, 6.45) is 1.72. The Morgan fingerprint density at radius 3 is 3.08 bits per heavy atom. The topological polar surface area (TPSA) is 16.1 Å². The van der Waals surface area contributed by atoms with Gasteiger partial charge >= 0.3 is 0 Å². The fourth-order valence-corrected chi connectivity index (χ4v) is 2.50. The lowest BCUT2D eigenvalue weighted by Crippen LogP contribution is -2.19. The van der Waals surface area contributed by atoms with Crippen LogP contribution in [0.2, 0.25) is 0 Å². The van der Waals surface area contributed by atoms with Crippen LogP contribution >= 0.6 is 27.3 Å². The number of aromatic nitrogens is 1. The molecule has 2 heterocycles. The number of alkyl halides is 1. The molecule has 1 aliphatic rings. The largest absolute Gasteiger partial charge is 0.345 e. The first kappa shape index (κ1) is 8.44. The van der Waals surface area contributed by atoms with Crippen LogP contribution in [0.4, 0.5) is 9.52 Å². The average Bonchev–Trinajstić information content (AvgIpc) is 2.58. The van der Waals surface area contributed by atoms with Crippen LogP contribution in [0.3, 0.4) is 0 Å². The normalized spacial score (nSPS) is 23.5. The van der Waals surface area contributed by atoms with E-state index in [2.05, 4.69) is 20.9 Å². The Labute approximate surface area is 82.5 Å². The van der Waals surface area contributed by atoms with E-state index >= 15 is 0 Å². The van der Waals surface area contributed by atoms with Crippen molar-refractivity contribution >= 4 is 32.4 Å². The molecule has 0 amide bonds. The van der Waals surface area contributed by atoms with Crippen LogP contribution in [0.5, 0.6) is 0 Å². The van der Waals surface area contributed by atoms with Gasteiger partial charge < -0.3 is 4.90 Å². The lowest BCUT2D eigenvalue weighted by Gasteiger charge is -2.11. The van der Waals surface area contributed by atoms with E-state index in [1.54, 1.807) is 17.5 Å². The average molecular weight is 251 g/mol. The highest BCUT2D eigenvalue weighted by Crippen LogP contribution is 2.29. The third-order valence-electron chi connectivity index (χ3n) is 1.87. The predicted octanol–water partition coefficient (Wildman–Crippen LogP) is 2.45. The molecule has 1 unspecified atom stereocenters. The molecule has 0 aliphatic carbocycles. The van der Waals surface area contributed by atoms with Gasteiger partial charge in [-0.2, -0.15) is 0 Å². The number of hydrogen-bond donors (Lipinski definition) is 0. The van der Waals surface area contributed by atoms with Crippen molar-refractivity contribution in [1.82, 2.24) is 4.98 Å². The van der Waals surface area contributed by atoms with Crippen LogP contribution in [0.25, 0.3) is 0 Å². The molecule has 66 valence electrons. The third-order valence-corrected chi connectivity index (χ3v) is 3.40. The molecule has 1 aromatic rings. The van der Waals surface area contributed by atoms with Gasteiger partial charge in [-0.3, -0.25) is 0 Å². The number of anilines is 1. The number of thiazole rings is 1. The minimum Gasteiger partial charge on any atom is -0.345 e. The van der Waals surface area contributed by atoms with Crippen molar-refractivity contribution in [3.05, 3.63) is 9.98 Å². The Kier molecular flexibility index (Phi) is 2.32. The second kappa shape index (κ2) is 3.30. The molecule has 1 saturated heterocycles. The Morgan fingerprint density at radius 1 is 1.75 bits per heavy atom. The van der Waals surface area contributed by atoms with Gasteiger partial charge in [-0.15, -0.1) is 0 Å². The Hall–Kier alpha value is -0.160.